The zero-order valence-electron chi connectivity index (χ0n) is 18.3. The van der Waals surface area contributed by atoms with Crippen LogP contribution in [0, 0.1) is 5.92 Å². The highest BCUT2D eigenvalue weighted by Crippen LogP contribution is 2.36. The van der Waals surface area contributed by atoms with Gasteiger partial charge in [0.25, 0.3) is 0 Å². The van der Waals surface area contributed by atoms with Crippen molar-refractivity contribution < 1.29 is 18.8 Å². The van der Waals surface area contributed by atoms with E-state index >= 15 is 0 Å². The maximum absolute atomic E-state index is 12.6. The van der Waals surface area contributed by atoms with E-state index in [0.29, 0.717) is 40.4 Å². The fraction of sp³-hybridized carbons (Fsp3) is 0.304. The van der Waals surface area contributed by atoms with Crippen LogP contribution in [-0.2, 0) is 4.79 Å². The van der Waals surface area contributed by atoms with Crippen LogP contribution in [0.1, 0.15) is 38.3 Å². The number of benzene rings is 1. The van der Waals surface area contributed by atoms with E-state index in [2.05, 4.69) is 20.4 Å². The first-order chi connectivity index (χ1) is 15.4. The number of ether oxygens (including phenoxy) is 2. The summed E-state index contributed by atoms with van der Waals surface area (Å²) < 4.78 is 16.3. The minimum absolute atomic E-state index is 0.0260. The second-order valence-electron chi connectivity index (χ2n) is 7.22. The number of carbonyl (C=O) groups excluding carboxylic acids is 1. The predicted octanol–water partition coefficient (Wildman–Crippen LogP) is 4.72. The van der Waals surface area contributed by atoms with Crippen LogP contribution in [0.3, 0.4) is 0 Å². The van der Waals surface area contributed by atoms with Gasteiger partial charge in [0.05, 0.1) is 18.7 Å². The minimum atomic E-state index is -0.450. The largest absolute Gasteiger partial charge is 0.491 e. The van der Waals surface area contributed by atoms with Gasteiger partial charge in [-0.3, -0.25) is 9.78 Å². The van der Waals surface area contributed by atoms with Gasteiger partial charge >= 0.3 is 0 Å². The molecule has 0 fully saturated rings. The number of pyridine rings is 1. The summed E-state index contributed by atoms with van der Waals surface area (Å²) in [4.78, 5) is 21.0. The van der Waals surface area contributed by atoms with Crippen molar-refractivity contribution in [1.29, 1.82) is 0 Å². The van der Waals surface area contributed by atoms with Gasteiger partial charge in [-0.1, -0.05) is 30.6 Å². The third-order valence-electron chi connectivity index (χ3n) is 4.57. The van der Waals surface area contributed by atoms with Crippen molar-refractivity contribution in [2.75, 3.05) is 13.7 Å². The molecule has 32 heavy (non-hydrogen) atoms. The molecule has 1 N–H and O–H groups in total. The van der Waals surface area contributed by atoms with Crippen molar-refractivity contribution in [2.24, 2.45) is 5.92 Å². The lowest BCUT2D eigenvalue weighted by Gasteiger charge is -2.17. The van der Waals surface area contributed by atoms with E-state index in [-0.39, 0.29) is 11.8 Å². The Kier molecular flexibility index (Phi) is 7.83. The quantitative estimate of drug-likeness (QED) is 0.465. The maximum Gasteiger partial charge on any atom is 0.249 e. The Hall–Kier alpha value is -3.39. The monoisotopic (exact) mass is 456 g/mol. The highest BCUT2D eigenvalue weighted by Gasteiger charge is 2.24. The van der Waals surface area contributed by atoms with Crippen molar-refractivity contribution in [3.63, 3.8) is 0 Å². The van der Waals surface area contributed by atoms with Gasteiger partial charge in [-0.2, -0.15) is 4.98 Å². The molecule has 2 aromatic heterocycles. The van der Waals surface area contributed by atoms with Crippen LogP contribution in [-0.4, -0.2) is 34.7 Å². The van der Waals surface area contributed by atoms with E-state index in [4.69, 9.17) is 25.6 Å². The summed E-state index contributed by atoms with van der Waals surface area (Å²) in [6.07, 6.45) is 6.38. The number of rotatable bonds is 9. The Morgan fingerprint density at radius 3 is 2.69 bits per heavy atom. The van der Waals surface area contributed by atoms with Gasteiger partial charge in [-0.05, 0) is 48.7 Å². The summed E-state index contributed by atoms with van der Waals surface area (Å²) in [5.41, 5.74) is 1.48. The molecule has 0 saturated carbocycles. The topological polar surface area (TPSA) is 99.4 Å². The number of halogens is 1. The summed E-state index contributed by atoms with van der Waals surface area (Å²) in [5, 5.41) is 7.34. The smallest absolute Gasteiger partial charge is 0.249 e. The number of aromatic nitrogens is 3. The van der Waals surface area contributed by atoms with E-state index in [9.17, 15) is 4.79 Å². The van der Waals surface area contributed by atoms with Crippen LogP contribution in [0.5, 0.6) is 11.5 Å². The van der Waals surface area contributed by atoms with E-state index in [0.717, 1.165) is 5.56 Å². The number of hydrogen-bond donors (Lipinski definition) is 1. The molecule has 0 radical (unpaired) electrons. The Balaban J connectivity index is 1.75. The van der Waals surface area contributed by atoms with Crippen molar-refractivity contribution in [2.45, 2.75) is 26.8 Å². The molecular weight excluding hydrogens is 432 g/mol. The van der Waals surface area contributed by atoms with Crippen LogP contribution < -0.4 is 14.8 Å². The zero-order chi connectivity index (χ0) is 23.1. The number of nitrogens with one attached hydrogen (secondary N) is 1. The third-order valence-corrected chi connectivity index (χ3v) is 4.85. The van der Waals surface area contributed by atoms with Crippen LogP contribution in [0.2, 0.25) is 5.02 Å². The first kappa shape index (κ1) is 23.3. The fourth-order valence-electron chi connectivity index (χ4n) is 3.01. The van der Waals surface area contributed by atoms with Crippen LogP contribution in [0.25, 0.3) is 17.5 Å². The zero-order valence-corrected chi connectivity index (χ0v) is 19.1. The molecule has 3 rings (SSSR count). The first-order valence-corrected chi connectivity index (χ1v) is 10.5. The molecule has 0 aliphatic heterocycles. The molecule has 0 saturated heterocycles. The molecule has 1 aromatic carbocycles. The van der Waals surface area contributed by atoms with Gasteiger partial charge in [-0.15, -0.1) is 0 Å². The first-order valence-electron chi connectivity index (χ1n) is 10.2. The third kappa shape index (κ3) is 5.64. The van der Waals surface area contributed by atoms with Crippen LogP contribution in [0.4, 0.5) is 0 Å². The lowest BCUT2D eigenvalue weighted by atomic mass is 10.0. The molecule has 0 unspecified atom stereocenters. The van der Waals surface area contributed by atoms with Crippen LogP contribution >= 0.6 is 11.6 Å². The molecule has 168 valence electrons. The van der Waals surface area contributed by atoms with E-state index < -0.39 is 6.04 Å². The van der Waals surface area contributed by atoms with Gasteiger partial charge in [0, 0.05) is 24.0 Å². The molecule has 1 atom stereocenters. The Morgan fingerprint density at radius 2 is 2.03 bits per heavy atom. The fourth-order valence-corrected chi connectivity index (χ4v) is 3.31. The minimum Gasteiger partial charge on any atom is -0.491 e. The second kappa shape index (κ2) is 10.8. The SMILES string of the molecule is CCOc1cc(/C=C/C(=O)N[C@@H](c2nc(-c3ccncc3)no2)C(C)C)cc(Cl)c1OC. The summed E-state index contributed by atoms with van der Waals surface area (Å²) in [6, 6.07) is 6.59. The molecule has 0 spiro atoms. The Labute approximate surface area is 191 Å². The molecule has 3 aromatic rings. The summed E-state index contributed by atoms with van der Waals surface area (Å²) in [7, 11) is 1.52. The summed E-state index contributed by atoms with van der Waals surface area (Å²) in [5.74, 6) is 1.46. The Morgan fingerprint density at radius 1 is 1.28 bits per heavy atom. The predicted molar refractivity (Wildman–Crippen MR) is 121 cm³/mol. The van der Waals surface area contributed by atoms with Gasteiger partial charge < -0.3 is 19.3 Å². The summed E-state index contributed by atoms with van der Waals surface area (Å²) >= 11 is 6.27. The maximum atomic E-state index is 12.6. The average molecular weight is 457 g/mol. The lowest BCUT2D eigenvalue weighted by Crippen LogP contribution is -2.30. The highest BCUT2D eigenvalue weighted by molar-refractivity contribution is 6.32. The van der Waals surface area contributed by atoms with E-state index in [1.807, 2.05) is 20.8 Å². The summed E-state index contributed by atoms with van der Waals surface area (Å²) in [6.45, 7) is 6.25. The highest BCUT2D eigenvalue weighted by atomic mass is 35.5. The normalized spacial score (nSPS) is 12.2. The van der Waals surface area contributed by atoms with Crippen molar-refractivity contribution in [1.82, 2.24) is 20.4 Å². The number of carbonyl (C=O) groups is 1. The average Bonchev–Trinajstić information content (AvgIpc) is 3.26. The number of hydrogen-bond acceptors (Lipinski definition) is 7. The number of amides is 1. The second-order valence-corrected chi connectivity index (χ2v) is 7.63. The molecule has 8 nitrogen and oxygen atoms in total. The molecule has 0 aliphatic carbocycles. The standard InChI is InChI=1S/C23H25ClN4O4/c1-5-31-18-13-15(12-17(24)21(18)30-4)6-7-19(29)26-20(14(2)3)23-27-22(28-32-23)16-8-10-25-11-9-16/h6-14,20H,5H2,1-4H3,(H,26,29)/b7-6+/t20-/m1/s1. The van der Waals surface area contributed by atoms with Gasteiger partial charge in [0.1, 0.15) is 6.04 Å². The van der Waals surface area contributed by atoms with E-state index in [1.165, 1.54) is 13.2 Å². The Bertz CT molecular complexity index is 1080. The van der Waals surface area contributed by atoms with Crippen molar-refractivity contribution in [3.05, 3.63) is 59.2 Å². The molecule has 0 aliphatic rings. The van der Waals surface area contributed by atoms with Crippen LogP contribution in [0.15, 0.2) is 47.3 Å². The number of nitrogens with zero attached hydrogens (tertiary/aromatic N) is 3. The molecule has 2 heterocycles. The molecule has 9 heteroatoms. The van der Waals surface area contributed by atoms with Gasteiger partial charge in [-0.25, -0.2) is 0 Å². The van der Waals surface area contributed by atoms with Crippen molar-refractivity contribution >= 4 is 23.6 Å². The molecule has 1 amide bonds. The lowest BCUT2D eigenvalue weighted by molar-refractivity contribution is -0.117. The van der Waals surface area contributed by atoms with Crippen molar-refractivity contribution in [3.8, 4) is 22.9 Å². The van der Waals surface area contributed by atoms with Gasteiger partial charge in [0.15, 0.2) is 11.5 Å². The number of methoxy groups -OCH3 is 1. The molecule has 0 bridgehead atoms. The van der Waals surface area contributed by atoms with E-state index in [1.54, 1.807) is 42.7 Å². The van der Waals surface area contributed by atoms with Gasteiger partial charge in [0.2, 0.25) is 17.6 Å². The molecular formula is C23H25ClN4O4.